The van der Waals surface area contributed by atoms with Crippen molar-refractivity contribution >= 4 is 33.6 Å². The van der Waals surface area contributed by atoms with Crippen LogP contribution in [0.15, 0.2) is 24.3 Å². The van der Waals surface area contributed by atoms with Gasteiger partial charge >= 0.3 is 0 Å². The normalized spacial score (nSPS) is 24.4. The molecule has 1 heterocycles. The molecule has 0 fully saturated rings. The van der Waals surface area contributed by atoms with Crippen LogP contribution in [0.4, 0.5) is 0 Å². The summed E-state index contributed by atoms with van der Waals surface area (Å²) in [5.74, 6) is 0.450. The molecule has 3 rings (SSSR count). The van der Waals surface area contributed by atoms with Gasteiger partial charge < -0.3 is 5.73 Å². The van der Waals surface area contributed by atoms with Gasteiger partial charge in [0.05, 0.1) is 0 Å². The van der Waals surface area contributed by atoms with Gasteiger partial charge in [0.25, 0.3) is 0 Å². The SMILES string of the molecule is CC1C=c2sc3ccccc3c2=C[C@@H]1N. The van der Waals surface area contributed by atoms with E-state index in [1.54, 1.807) is 0 Å². The molecule has 2 heteroatoms. The van der Waals surface area contributed by atoms with Crippen molar-refractivity contribution in [2.24, 2.45) is 11.7 Å². The first-order valence-electron chi connectivity index (χ1n) is 5.22. The number of hydrogen-bond acceptors (Lipinski definition) is 2. The highest BCUT2D eigenvalue weighted by atomic mass is 32.1. The topological polar surface area (TPSA) is 26.0 Å². The fourth-order valence-electron chi connectivity index (χ4n) is 2.07. The molecular formula is C13H13NS. The third-order valence-corrected chi connectivity index (χ3v) is 4.19. The molecule has 1 nitrogen and oxygen atoms in total. The minimum absolute atomic E-state index is 0.163. The molecule has 2 atom stereocenters. The van der Waals surface area contributed by atoms with Gasteiger partial charge in [-0.05, 0) is 17.2 Å². The lowest BCUT2D eigenvalue weighted by molar-refractivity contribution is 0.682. The van der Waals surface area contributed by atoms with Crippen LogP contribution in [-0.2, 0) is 0 Å². The molecule has 1 aromatic carbocycles. The van der Waals surface area contributed by atoms with Crippen molar-refractivity contribution in [2.45, 2.75) is 13.0 Å². The lowest BCUT2D eigenvalue weighted by Crippen LogP contribution is -2.36. The fourth-order valence-corrected chi connectivity index (χ4v) is 3.32. The van der Waals surface area contributed by atoms with Crippen LogP contribution in [-0.4, -0.2) is 6.04 Å². The lowest BCUT2D eigenvalue weighted by atomic mass is 9.97. The molecule has 0 saturated carbocycles. The maximum absolute atomic E-state index is 6.06. The van der Waals surface area contributed by atoms with Gasteiger partial charge in [0.15, 0.2) is 0 Å². The summed E-state index contributed by atoms with van der Waals surface area (Å²) in [4.78, 5) is 0. The molecule has 1 aliphatic carbocycles. The maximum Gasteiger partial charge on any atom is 0.0355 e. The van der Waals surface area contributed by atoms with Crippen molar-refractivity contribution in [3.8, 4) is 0 Å². The number of hydrogen-bond donors (Lipinski definition) is 1. The molecular weight excluding hydrogens is 202 g/mol. The first-order valence-corrected chi connectivity index (χ1v) is 6.04. The number of thiophene rings is 1. The van der Waals surface area contributed by atoms with Gasteiger partial charge in [0.2, 0.25) is 0 Å². The highest BCUT2D eigenvalue weighted by molar-refractivity contribution is 7.17. The first kappa shape index (κ1) is 9.13. The monoisotopic (exact) mass is 215 g/mol. The second-order valence-electron chi connectivity index (χ2n) is 4.15. The van der Waals surface area contributed by atoms with Crippen LogP contribution in [0.2, 0.25) is 0 Å². The Morgan fingerprint density at radius 3 is 2.87 bits per heavy atom. The second-order valence-corrected chi connectivity index (χ2v) is 5.23. The number of fused-ring (bicyclic) bond motifs is 3. The van der Waals surface area contributed by atoms with E-state index in [9.17, 15) is 0 Å². The van der Waals surface area contributed by atoms with Crippen molar-refractivity contribution in [3.05, 3.63) is 34.0 Å². The van der Waals surface area contributed by atoms with E-state index < -0.39 is 0 Å². The van der Waals surface area contributed by atoms with E-state index in [1.807, 2.05) is 11.3 Å². The van der Waals surface area contributed by atoms with Crippen molar-refractivity contribution < 1.29 is 0 Å². The fraction of sp³-hybridized carbons (Fsp3) is 0.231. The van der Waals surface area contributed by atoms with Crippen molar-refractivity contribution in [1.29, 1.82) is 0 Å². The van der Waals surface area contributed by atoms with Crippen LogP contribution in [0.1, 0.15) is 6.92 Å². The molecule has 0 amide bonds. The Labute approximate surface area is 92.5 Å². The maximum atomic E-state index is 6.06. The molecule has 0 bridgehead atoms. The van der Waals surface area contributed by atoms with E-state index in [0.717, 1.165) is 0 Å². The minimum atomic E-state index is 0.163. The van der Waals surface area contributed by atoms with Gasteiger partial charge in [0, 0.05) is 20.7 Å². The molecule has 2 aromatic rings. The minimum Gasteiger partial charge on any atom is -0.324 e. The largest absolute Gasteiger partial charge is 0.324 e. The zero-order chi connectivity index (χ0) is 10.4. The molecule has 0 spiro atoms. The van der Waals surface area contributed by atoms with Gasteiger partial charge in [-0.15, -0.1) is 11.3 Å². The molecule has 15 heavy (non-hydrogen) atoms. The summed E-state index contributed by atoms with van der Waals surface area (Å²) in [7, 11) is 0. The van der Waals surface area contributed by atoms with Crippen LogP contribution in [0.25, 0.3) is 22.2 Å². The van der Waals surface area contributed by atoms with Crippen LogP contribution in [0.3, 0.4) is 0 Å². The number of benzene rings is 1. The van der Waals surface area contributed by atoms with Crippen LogP contribution < -0.4 is 15.5 Å². The zero-order valence-corrected chi connectivity index (χ0v) is 9.42. The van der Waals surface area contributed by atoms with Crippen LogP contribution in [0, 0.1) is 5.92 Å². The summed E-state index contributed by atoms with van der Waals surface area (Å²) < 4.78 is 2.74. The van der Waals surface area contributed by atoms with Crippen LogP contribution in [0.5, 0.6) is 0 Å². The predicted octanol–water partition coefficient (Wildman–Crippen LogP) is 1.44. The average Bonchev–Trinajstić information content (AvgIpc) is 2.57. The highest BCUT2D eigenvalue weighted by Crippen LogP contribution is 2.15. The zero-order valence-electron chi connectivity index (χ0n) is 8.60. The van der Waals surface area contributed by atoms with E-state index in [1.165, 1.54) is 19.8 Å². The summed E-state index contributed by atoms with van der Waals surface area (Å²) in [5, 5.41) is 2.68. The quantitative estimate of drug-likeness (QED) is 0.707. The Morgan fingerprint density at radius 1 is 1.20 bits per heavy atom. The van der Waals surface area contributed by atoms with Gasteiger partial charge in [-0.2, -0.15) is 0 Å². The molecule has 1 aromatic heterocycles. The Morgan fingerprint density at radius 2 is 2.00 bits per heavy atom. The summed E-state index contributed by atoms with van der Waals surface area (Å²) in [6.07, 6.45) is 4.50. The first-order chi connectivity index (χ1) is 7.25. The summed E-state index contributed by atoms with van der Waals surface area (Å²) >= 11 is 1.86. The van der Waals surface area contributed by atoms with E-state index in [2.05, 4.69) is 43.3 Å². The van der Waals surface area contributed by atoms with Crippen molar-refractivity contribution in [1.82, 2.24) is 0 Å². The van der Waals surface area contributed by atoms with Gasteiger partial charge in [-0.1, -0.05) is 37.3 Å². The summed E-state index contributed by atoms with van der Waals surface area (Å²) in [5.41, 5.74) is 6.06. The van der Waals surface area contributed by atoms with Gasteiger partial charge in [0.1, 0.15) is 0 Å². The summed E-state index contributed by atoms with van der Waals surface area (Å²) in [6.45, 7) is 2.18. The van der Waals surface area contributed by atoms with Crippen LogP contribution >= 0.6 is 11.3 Å². The molecule has 0 aliphatic heterocycles. The van der Waals surface area contributed by atoms with Crippen molar-refractivity contribution in [3.63, 3.8) is 0 Å². The highest BCUT2D eigenvalue weighted by Gasteiger charge is 2.13. The summed E-state index contributed by atoms with van der Waals surface area (Å²) in [6, 6.07) is 8.70. The van der Waals surface area contributed by atoms with Gasteiger partial charge in [-0.25, -0.2) is 0 Å². The van der Waals surface area contributed by atoms with E-state index >= 15 is 0 Å². The van der Waals surface area contributed by atoms with Crippen molar-refractivity contribution in [2.75, 3.05) is 0 Å². The smallest absolute Gasteiger partial charge is 0.0355 e. The van der Waals surface area contributed by atoms with Gasteiger partial charge in [-0.3, -0.25) is 0 Å². The Hall–Kier alpha value is -1.12. The van der Waals surface area contributed by atoms with E-state index in [4.69, 9.17) is 5.73 Å². The Bertz CT molecular complexity index is 624. The lowest BCUT2D eigenvalue weighted by Gasteiger charge is -2.14. The molecule has 0 radical (unpaired) electrons. The predicted molar refractivity (Wildman–Crippen MR) is 67.1 cm³/mol. The molecule has 0 saturated heterocycles. The third kappa shape index (κ3) is 1.33. The number of rotatable bonds is 0. The third-order valence-electron chi connectivity index (χ3n) is 3.04. The Balaban J connectivity index is 2.49. The molecule has 1 aliphatic rings. The second kappa shape index (κ2) is 3.19. The van der Waals surface area contributed by atoms with E-state index in [-0.39, 0.29) is 6.04 Å². The molecule has 2 N–H and O–H groups in total. The molecule has 76 valence electrons. The van der Waals surface area contributed by atoms with E-state index in [0.29, 0.717) is 5.92 Å². The standard InChI is InChI=1S/C13H13NS/c1-8-6-13-10(7-11(8)14)9-4-2-3-5-12(9)15-13/h2-8,11H,14H2,1H3/t8?,11-/m0/s1. The Kier molecular flexibility index (Phi) is 1.94. The number of nitrogens with two attached hydrogens (primary N) is 1. The average molecular weight is 215 g/mol. The molecule has 1 unspecified atom stereocenters.